The highest BCUT2D eigenvalue weighted by Gasteiger charge is 2.07. The molecular formula is C16H23N3O2. The zero-order valence-corrected chi connectivity index (χ0v) is 12.9. The van der Waals surface area contributed by atoms with Crippen molar-refractivity contribution in [1.29, 1.82) is 0 Å². The van der Waals surface area contributed by atoms with Gasteiger partial charge in [0.2, 0.25) is 5.95 Å². The maximum atomic E-state index is 5.77. The summed E-state index contributed by atoms with van der Waals surface area (Å²) in [4.78, 5) is 4.32. The molecule has 0 bridgehead atoms. The van der Waals surface area contributed by atoms with Crippen LogP contribution in [0.2, 0.25) is 0 Å². The van der Waals surface area contributed by atoms with Gasteiger partial charge in [0.15, 0.2) is 0 Å². The summed E-state index contributed by atoms with van der Waals surface area (Å²) in [6.45, 7) is 6.11. The average molecular weight is 289 g/mol. The van der Waals surface area contributed by atoms with E-state index in [4.69, 9.17) is 9.47 Å². The minimum Gasteiger partial charge on any atom is -0.492 e. The highest BCUT2D eigenvalue weighted by molar-refractivity contribution is 5.28. The Labute approximate surface area is 125 Å². The van der Waals surface area contributed by atoms with Crippen molar-refractivity contribution in [2.45, 2.75) is 26.4 Å². The van der Waals surface area contributed by atoms with Gasteiger partial charge in [0, 0.05) is 25.5 Å². The molecule has 114 valence electrons. The Bertz CT molecular complexity index is 554. The molecule has 0 saturated heterocycles. The zero-order chi connectivity index (χ0) is 15.1. The lowest BCUT2D eigenvalue weighted by Crippen LogP contribution is -2.23. The van der Waals surface area contributed by atoms with E-state index < -0.39 is 0 Å². The van der Waals surface area contributed by atoms with Gasteiger partial charge in [-0.3, -0.25) is 0 Å². The smallest absolute Gasteiger partial charge is 0.203 e. The van der Waals surface area contributed by atoms with E-state index >= 15 is 0 Å². The first-order valence-electron chi connectivity index (χ1n) is 7.15. The molecule has 0 aliphatic rings. The van der Waals surface area contributed by atoms with Crippen LogP contribution in [-0.2, 0) is 11.3 Å². The zero-order valence-electron chi connectivity index (χ0n) is 12.9. The third-order valence-electron chi connectivity index (χ3n) is 3.10. The second-order valence-electron chi connectivity index (χ2n) is 5.11. The molecule has 1 unspecified atom stereocenters. The summed E-state index contributed by atoms with van der Waals surface area (Å²) in [6.07, 6.45) is 3.73. The van der Waals surface area contributed by atoms with Crippen LogP contribution in [0, 0.1) is 6.92 Å². The molecule has 0 radical (unpaired) electrons. The highest BCUT2D eigenvalue weighted by atomic mass is 16.5. The molecule has 1 heterocycles. The third-order valence-corrected chi connectivity index (χ3v) is 3.10. The molecule has 2 aromatic rings. The summed E-state index contributed by atoms with van der Waals surface area (Å²) in [5.74, 6) is 1.74. The van der Waals surface area contributed by atoms with E-state index in [0.29, 0.717) is 13.2 Å². The molecule has 0 amide bonds. The number of aromatic nitrogens is 2. The monoisotopic (exact) mass is 289 g/mol. The lowest BCUT2D eigenvalue weighted by Gasteiger charge is -2.15. The normalized spacial score (nSPS) is 12.1. The largest absolute Gasteiger partial charge is 0.492 e. The standard InChI is InChI=1S/C16H23N3O2/c1-13-5-4-6-15(11-13)21-10-9-19-8-7-17-16(19)18-14(2)12-20-3/h4-8,11,14H,9-10,12H2,1-3H3,(H,17,18). The third kappa shape index (κ3) is 4.79. The fourth-order valence-electron chi connectivity index (χ4n) is 2.11. The molecule has 5 heteroatoms. The molecule has 1 atom stereocenters. The van der Waals surface area contributed by atoms with Crippen molar-refractivity contribution < 1.29 is 9.47 Å². The summed E-state index contributed by atoms with van der Waals surface area (Å²) >= 11 is 0. The van der Waals surface area contributed by atoms with Crippen LogP contribution in [0.4, 0.5) is 5.95 Å². The molecule has 2 rings (SSSR count). The minimum atomic E-state index is 0.217. The van der Waals surface area contributed by atoms with Crippen LogP contribution in [0.25, 0.3) is 0 Å². The number of hydrogen-bond donors (Lipinski definition) is 1. The quantitative estimate of drug-likeness (QED) is 0.812. The Morgan fingerprint density at radius 3 is 3.00 bits per heavy atom. The van der Waals surface area contributed by atoms with Gasteiger partial charge in [-0.2, -0.15) is 0 Å². The fourth-order valence-corrected chi connectivity index (χ4v) is 2.11. The first-order valence-corrected chi connectivity index (χ1v) is 7.15. The summed E-state index contributed by atoms with van der Waals surface area (Å²) in [5, 5.41) is 3.32. The van der Waals surface area contributed by atoms with E-state index in [2.05, 4.69) is 30.2 Å². The average Bonchev–Trinajstić information content (AvgIpc) is 2.86. The molecule has 1 N–H and O–H groups in total. The van der Waals surface area contributed by atoms with Crippen molar-refractivity contribution in [3.05, 3.63) is 42.2 Å². The van der Waals surface area contributed by atoms with Crippen LogP contribution >= 0.6 is 0 Å². The van der Waals surface area contributed by atoms with Gasteiger partial charge in [-0.15, -0.1) is 0 Å². The molecule has 0 aliphatic heterocycles. The van der Waals surface area contributed by atoms with Crippen molar-refractivity contribution in [1.82, 2.24) is 9.55 Å². The van der Waals surface area contributed by atoms with Gasteiger partial charge in [0.1, 0.15) is 12.4 Å². The summed E-state index contributed by atoms with van der Waals surface area (Å²) < 4.78 is 12.9. The SMILES string of the molecule is COCC(C)Nc1nccn1CCOc1cccc(C)c1. The van der Waals surface area contributed by atoms with E-state index in [-0.39, 0.29) is 6.04 Å². The predicted octanol–water partition coefficient (Wildman–Crippen LogP) is 2.72. The molecule has 5 nitrogen and oxygen atoms in total. The number of hydrogen-bond acceptors (Lipinski definition) is 4. The number of anilines is 1. The van der Waals surface area contributed by atoms with Crippen molar-refractivity contribution in [3.63, 3.8) is 0 Å². The van der Waals surface area contributed by atoms with Crippen LogP contribution in [0.5, 0.6) is 5.75 Å². The van der Waals surface area contributed by atoms with E-state index in [0.717, 1.165) is 18.2 Å². The number of nitrogens with zero attached hydrogens (tertiary/aromatic N) is 2. The summed E-state index contributed by atoms with van der Waals surface area (Å²) in [6, 6.07) is 8.28. The Hall–Kier alpha value is -2.01. The molecule has 0 fully saturated rings. The van der Waals surface area contributed by atoms with Crippen LogP contribution < -0.4 is 10.1 Å². The number of aryl methyl sites for hydroxylation is 1. The number of imidazole rings is 1. The van der Waals surface area contributed by atoms with Gasteiger partial charge in [0.25, 0.3) is 0 Å². The Morgan fingerprint density at radius 1 is 1.38 bits per heavy atom. The number of rotatable bonds is 8. The van der Waals surface area contributed by atoms with E-state index in [1.165, 1.54) is 5.56 Å². The van der Waals surface area contributed by atoms with Crippen LogP contribution in [0.1, 0.15) is 12.5 Å². The van der Waals surface area contributed by atoms with Crippen LogP contribution in [0.3, 0.4) is 0 Å². The molecule has 21 heavy (non-hydrogen) atoms. The summed E-state index contributed by atoms with van der Waals surface area (Å²) in [5.41, 5.74) is 1.20. The molecule has 0 aliphatic carbocycles. The second-order valence-corrected chi connectivity index (χ2v) is 5.11. The van der Waals surface area contributed by atoms with Gasteiger partial charge in [-0.1, -0.05) is 12.1 Å². The van der Waals surface area contributed by atoms with Gasteiger partial charge in [0.05, 0.1) is 13.2 Å². The summed E-state index contributed by atoms with van der Waals surface area (Å²) in [7, 11) is 1.69. The minimum absolute atomic E-state index is 0.217. The van der Waals surface area contributed by atoms with Gasteiger partial charge in [-0.25, -0.2) is 4.98 Å². The number of ether oxygens (including phenoxy) is 2. The Kier molecular flexibility index (Phi) is 5.63. The molecule has 0 saturated carbocycles. The Balaban J connectivity index is 1.85. The van der Waals surface area contributed by atoms with Crippen molar-refractivity contribution in [3.8, 4) is 5.75 Å². The number of methoxy groups -OCH3 is 1. The molecular weight excluding hydrogens is 266 g/mol. The van der Waals surface area contributed by atoms with Crippen LogP contribution in [0.15, 0.2) is 36.7 Å². The van der Waals surface area contributed by atoms with Crippen molar-refractivity contribution in [2.75, 3.05) is 25.6 Å². The fraction of sp³-hybridized carbons (Fsp3) is 0.438. The Morgan fingerprint density at radius 2 is 2.24 bits per heavy atom. The topological polar surface area (TPSA) is 48.3 Å². The van der Waals surface area contributed by atoms with Crippen molar-refractivity contribution >= 4 is 5.95 Å². The van der Waals surface area contributed by atoms with E-state index in [1.807, 2.05) is 29.0 Å². The molecule has 1 aromatic carbocycles. The van der Waals surface area contributed by atoms with Gasteiger partial charge in [-0.05, 0) is 31.5 Å². The maximum Gasteiger partial charge on any atom is 0.203 e. The van der Waals surface area contributed by atoms with E-state index in [9.17, 15) is 0 Å². The number of benzene rings is 1. The maximum absolute atomic E-state index is 5.77. The van der Waals surface area contributed by atoms with Gasteiger partial charge < -0.3 is 19.4 Å². The second kappa shape index (κ2) is 7.69. The lowest BCUT2D eigenvalue weighted by molar-refractivity contribution is 0.190. The first-order chi connectivity index (χ1) is 10.2. The predicted molar refractivity (Wildman–Crippen MR) is 83.9 cm³/mol. The van der Waals surface area contributed by atoms with Crippen LogP contribution in [-0.4, -0.2) is 35.9 Å². The lowest BCUT2D eigenvalue weighted by atomic mass is 10.2. The van der Waals surface area contributed by atoms with Gasteiger partial charge >= 0.3 is 0 Å². The molecule has 1 aromatic heterocycles. The number of nitrogens with one attached hydrogen (secondary N) is 1. The first kappa shape index (κ1) is 15.4. The highest BCUT2D eigenvalue weighted by Crippen LogP contribution is 2.13. The van der Waals surface area contributed by atoms with E-state index in [1.54, 1.807) is 13.3 Å². The molecule has 0 spiro atoms. The van der Waals surface area contributed by atoms with Crippen molar-refractivity contribution in [2.24, 2.45) is 0 Å².